The first-order chi connectivity index (χ1) is 8.27. The van der Waals surface area contributed by atoms with Crippen molar-refractivity contribution in [3.8, 4) is 0 Å². The molecule has 3 nitrogen and oxygen atoms in total. The molecule has 17 heavy (non-hydrogen) atoms. The molecule has 1 N–H and O–H groups in total. The third-order valence-corrected chi connectivity index (χ3v) is 3.80. The van der Waals surface area contributed by atoms with E-state index in [4.69, 9.17) is 0 Å². The van der Waals surface area contributed by atoms with Gasteiger partial charge in [0.25, 0.3) is 0 Å². The lowest BCUT2D eigenvalue weighted by atomic mass is 9.92. The van der Waals surface area contributed by atoms with Crippen LogP contribution in [0.5, 0.6) is 0 Å². The van der Waals surface area contributed by atoms with Gasteiger partial charge >= 0.3 is 0 Å². The molecular weight excluding hydrogens is 212 g/mol. The van der Waals surface area contributed by atoms with Gasteiger partial charge in [-0.2, -0.15) is 0 Å². The molecule has 1 aliphatic rings. The highest BCUT2D eigenvalue weighted by Gasteiger charge is 2.26. The van der Waals surface area contributed by atoms with Crippen molar-refractivity contribution in [1.29, 1.82) is 0 Å². The SMILES string of the molecule is Cc1nc2ccccc2n1[C@@H]1CCCC[C@H]1O. The Balaban J connectivity index is 2.12. The first-order valence-electron chi connectivity index (χ1n) is 6.39. The minimum absolute atomic E-state index is 0.205. The van der Waals surface area contributed by atoms with Crippen LogP contribution in [0.25, 0.3) is 11.0 Å². The molecule has 0 spiro atoms. The number of nitrogens with zero attached hydrogens (tertiary/aromatic N) is 2. The molecule has 0 radical (unpaired) electrons. The summed E-state index contributed by atoms with van der Waals surface area (Å²) in [5.74, 6) is 1.01. The van der Waals surface area contributed by atoms with E-state index in [0.717, 1.165) is 36.1 Å². The largest absolute Gasteiger partial charge is 0.391 e. The Kier molecular flexibility index (Phi) is 2.63. The van der Waals surface area contributed by atoms with Crippen molar-refractivity contribution in [2.45, 2.75) is 44.8 Å². The molecule has 1 fully saturated rings. The van der Waals surface area contributed by atoms with Crippen LogP contribution in [0.1, 0.15) is 37.5 Å². The van der Waals surface area contributed by atoms with E-state index in [0.29, 0.717) is 0 Å². The molecule has 90 valence electrons. The molecule has 3 rings (SSSR count). The van der Waals surface area contributed by atoms with Crippen molar-refractivity contribution in [2.24, 2.45) is 0 Å². The zero-order valence-electron chi connectivity index (χ0n) is 10.1. The molecule has 0 bridgehead atoms. The van der Waals surface area contributed by atoms with E-state index < -0.39 is 0 Å². The molecule has 2 aromatic rings. The van der Waals surface area contributed by atoms with Crippen LogP contribution in [0.15, 0.2) is 24.3 Å². The fourth-order valence-corrected chi connectivity index (χ4v) is 2.98. The fraction of sp³-hybridized carbons (Fsp3) is 0.500. The molecule has 1 aromatic carbocycles. The van der Waals surface area contributed by atoms with Gasteiger partial charge in [-0.05, 0) is 31.9 Å². The number of hydrogen-bond acceptors (Lipinski definition) is 2. The number of imidazole rings is 1. The summed E-state index contributed by atoms with van der Waals surface area (Å²) in [6.07, 6.45) is 4.09. The smallest absolute Gasteiger partial charge is 0.107 e. The monoisotopic (exact) mass is 230 g/mol. The van der Waals surface area contributed by atoms with Gasteiger partial charge in [0, 0.05) is 0 Å². The van der Waals surface area contributed by atoms with Crippen molar-refractivity contribution in [2.75, 3.05) is 0 Å². The lowest BCUT2D eigenvalue weighted by Crippen LogP contribution is -2.28. The van der Waals surface area contributed by atoms with E-state index in [1.165, 1.54) is 6.42 Å². The Hall–Kier alpha value is -1.35. The van der Waals surface area contributed by atoms with Crippen molar-refractivity contribution in [3.63, 3.8) is 0 Å². The van der Waals surface area contributed by atoms with Crippen LogP contribution >= 0.6 is 0 Å². The number of aliphatic hydroxyl groups is 1. The summed E-state index contributed by atoms with van der Waals surface area (Å²) in [7, 11) is 0. The molecule has 1 heterocycles. The first-order valence-corrected chi connectivity index (χ1v) is 6.39. The summed E-state index contributed by atoms with van der Waals surface area (Å²) in [6.45, 7) is 2.03. The van der Waals surface area contributed by atoms with Crippen molar-refractivity contribution in [3.05, 3.63) is 30.1 Å². The topological polar surface area (TPSA) is 38.0 Å². The molecule has 0 aliphatic heterocycles. The summed E-state index contributed by atoms with van der Waals surface area (Å²) in [4.78, 5) is 4.57. The van der Waals surface area contributed by atoms with Gasteiger partial charge in [0.2, 0.25) is 0 Å². The molecule has 0 saturated heterocycles. The van der Waals surface area contributed by atoms with E-state index in [1.54, 1.807) is 0 Å². The lowest BCUT2D eigenvalue weighted by molar-refractivity contribution is 0.0763. The Bertz CT molecular complexity index is 532. The van der Waals surface area contributed by atoms with E-state index in [9.17, 15) is 5.11 Å². The number of aliphatic hydroxyl groups excluding tert-OH is 1. The average molecular weight is 230 g/mol. The second kappa shape index (κ2) is 4.15. The highest BCUT2D eigenvalue weighted by molar-refractivity contribution is 5.76. The highest BCUT2D eigenvalue weighted by Crippen LogP contribution is 2.32. The summed E-state index contributed by atoms with van der Waals surface area (Å²) >= 11 is 0. The molecule has 1 aliphatic carbocycles. The van der Waals surface area contributed by atoms with Gasteiger partial charge in [0.05, 0.1) is 23.2 Å². The number of para-hydroxylation sites is 2. The molecule has 3 heteroatoms. The summed E-state index contributed by atoms with van der Waals surface area (Å²) in [5, 5.41) is 10.2. The summed E-state index contributed by atoms with van der Waals surface area (Å²) in [6, 6.07) is 8.38. The van der Waals surface area contributed by atoms with Crippen LogP contribution in [0, 0.1) is 6.92 Å². The third kappa shape index (κ3) is 1.75. The van der Waals surface area contributed by atoms with Gasteiger partial charge < -0.3 is 9.67 Å². The average Bonchev–Trinajstić information content (AvgIpc) is 2.66. The maximum atomic E-state index is 10.2. The number of aromatic nitrogens is 2. The molecular formula is C14H18N2O. The van der Waals surface area contributed by atoms with Crippen LogP contribution < -0.4 is 0 Å². The van der Waals surface area contributed by atoms with E-state index in [-0.39, 0.29) is 12.1 Å². The van der Waals surface area contributed by atoms with E-state index in [2.05, 4.69) is 15.6 Å². The predicted octanol–water partition coefficient (Wildman–Crippen LogP) is 2.82. The Morgan fingerprint density at radius 3 is 2.82 bits per heavy atom. The van der Waals surface area contributed by atoms with Crippen LogP contribution in [-0.2, 0) is 0 Å². The van der Waals surface area contributed by atoms with Gasteiger partial charge in [0.15, 0.2) is 0 Å². The predicted molar refractivity (Wildman–Crippen MR) is 68.0 cm³/mol. The summed E-state index contributed by atoms with van der Waals surface area (Å²) in [5.41, 5.74) is 2.18. The Morgan fingerprint density at radius 1 is 1.24 bits per heavy atom. The normalized spacial score (nSPS) is 25.3. The highest BCUT2D eigenvalue weighted by atomic mass is 16.3. The maximum Gasteiger partial charge on any atom is 0.107 e. The van der Waals surface area contributed by atoms with Gasteiger partial charge in [-0.25, -0.2) is 4.98 Å². The number of hydrogen-bond donors (Lipinski definition) is 1. The second-order valence-electron chi connectivity index (χ2n) is 4.94. The van der Waals surface area contributed by atoms with Crippen LogP contribution in [0.3, 0.4) is 0 Å². The van der Waals surface area contributed by atoms with Gasteiger partial charge in [-0.1, -0.05) is 25.0 Å². The fourth-order valence-electron chi connectivity index (χ4n) is 2.98. The number of aryl methyl sites for hydroxylation is 1. The minimum Gasteiger partial charge on any atom is -0.391 e. The number of benzene rings is 1. The Labute approximate surface area is 101 Å². The number of fused-ring (bicyclic) bond motifs is 1. The van der Waals surface area contributed by atoms with Crippen LogP contribution in [-0.4, -0.2) is 20.8 Å². The lowest BCUT2D eigenvalue weighted by Gasteiger charge is -2.30. The molecule has 1 aromatic heterocycles. The standard InChI is InChI=1S/C14H18N2O/c1-10-15-11-6-2-3-7-12(11)16(10)13-8-4-5-9-14(13)17/h2-3,6-7,13-14,17H,4-5,8-9H2,1H3/t13-,14-/m1/s1. The zero-order valence-corrected chi connectivity index (χ0v) is 10.1. The first kappa shape index (κ1) is 10.8. The molecule has 2 atom stereocenters. The Morgan fingerprint density at radius 2 is 2.00 bits per heavy atom. The maximum absolute atomic E-state index is 10.2. The molecule has 0 unspecified atom stereocenters. The molecule has 0 amide bonds. The second-order valence-corrected chi connectivity index (χ2v) is 4.94. The van der Waals surface area contributed by atoms with Crippen molar-refractivity contribution in [1.82, 2.24) is 9.55 Å². The minimum atomic E-state index is -0.222. The van der Waals surface area contributed by atoms with Crippen molar-refractivity contribution < 1.29 is 5.11 Å². The van der Waals surface area contributed by atoms with E-state index in [1.807, 2.05) is 25.1 Å². The van der Waals surface area contributed by atoms with Gasteiger partial charge in [-0.15, -0.1) is 0 Å². The van der Waals surface area contributed by atoms with Gasteiger partial charge in [-0.3, -0.25) is 0 Å². The van der Waals surface area contributed by atoms with Gasteiger partial charge in [0.1, 0.15) is 5.82 Å². The summed E-state index contributed by atoms with van der Waals surface area (Å²) < 4.78 is 2.22. The third-order valence-electron chi connectivity index (χ3n) is 3.80. The van der Waals surface area contributed by atoms with Crippen LogP contribution in [0.4, 0.5) is 0 Å². The quantitative estimate of drug-likeness (QED) is 0.818. The van der Waals surface area contributed by atoms with Crippen molar-refractivity contribution >= 4 is 11.0 Å². The van der Waals surface area contributed by atoms with E-state index >= 15 is 0 Å². The number of rotatable bonds is 1. The van der Waals surface area contributed by atoms with Crippen LogP contribution in [0.2, 0.25) is 0 Å². The molecule has 1 saturated carbocycles. The zero-order chi connectivity index (χ0) is 11.8.